The fourth-order valence-electron chi connectivity index (χ4n) is 5.83. The van der Waals surface area contributed by atoms with Crippen molar-refractivity contribution in [3.05, 3.63) is 79.1 Å². The van der Waals surface area contributed by atoms with Crippen LogP contribution in [0.25, 0.3) is 55.7 Å². The third-order valence-electron chi connectivity index (χ3n) is 7.91. The molecule has 7 rings (SSSR count). The number of carbonyl (C=O) groups excluding carboxylic acids is 1. The minimum Gasteiger partial charge on any atom is -0.338 e. The van der Waals surface area contributed by atoms with Gasteiger partial charge < -0.3 is 10.3 Å². The maximum atomic E-state index is 13.5. The number of nitrogens with zero attached hydrogens (tertiary/aromatic N) is 4. The summed E-state index contributed by atoms with van der Waals surface area (Å²) in [6, 6.07) is 14.3. The number of aromatic nitrogens is 6. The molecule has 1 saturated carbocycles. The molecule has 6 aromatic rings. The largest absolute Gasteiger partial charge is 0.338 e. The Morgan fingerprint density at radius 3 is 2.56 bits per heavy atom. The zero-order chi connectivity index (χ0) is 27.8. The van der Waals surface area contributed by atoms with Gasteiger partial charge in [0.2, 0.25) is 5.91 Å². The summed E-state index contributed by atoms with van der Waals surface area (Å²) >= 11 is 0. The van der Waals surface area contributed by atoms with Gasteiger partial charge in [-0.15, -0.1) is 0 Å². The highest BCUT2D eigenvalue weighted by molar-refractivity contribution is 6.00. The summed E-state index contributed by atoms with van der Waals surface area (Å²) in [5, 5.41) is 12.4. The van der Waals surface area contributed by atoms with Crippen LogP contribution in [0.3, 0.4) is 0 Å². The van der Waals surface area contributed by atoms with Gasteiger partial charge in [0.05, 0.1) is 17.6 Å². The predicted molar refractivity (Wildman–Crippen MR) is 157 cm³/mol. The number of anilines is 1. The number of carbonyl (C=O) groups is 1. The van der Waals surface area contributed by atoms with Gasteiger partial charge in [-0.25, -0.2) is 14.4 Å². The molecule has 1 fully saturated rings. The number of aromatic amines is 2. The summed E-state index contributed by atoms with van der Waals surface area (Å²) in [6.45, 7) is 0. The second kappa shape index (κ2) is 10.6. The van der Waals surface area contributed by atoms with E-state index in [4.69, 9.17) is 0 Å². The first-order valence-electron chi connectivity index (χ1n) is 13.9. The molecule has 0 bridgehead atoms. The Morgan fingerprint density at radius 1 is 0.878 bits per heavy atom. The van der Waals surface area contributed by atoms with Crippen molar-refractivity contribution in [2.75, 3.05) is 5.32 Å². The van der Waals surface area contributed by atoms with Gasteiger partial charge in [0, 0.05) is 46.9 Å². The van der Waals surface area contributed by atoms with Crippen LogP contribution < -0.4 is 5.32 Å². The van der Waals surface area contributed by atoms with Crippen LogP contribution in [-0.2, 0) is 4.79 Å². The van der Waals surface area contributed by atoms with Crippen molar-refractivity contribution >= 4 is 33.7 Å². The van der Waals surface area contributed by atoms with E-state index in [1.54, 1.807) is 36.9 Å². The molecule has 1 aliphatic rings. The van der Waals surface area contributed by atoms with Gasteiger partial charge in [-0.3, -0.25) is 14.9 Å². The highest BCUT2D eigenvalue weighted by Crippen LogP contribution is 2.34. The molecule has 0 spiro atoms. The number of pyridine rings is 3. The maximum Gasteiger partial charge on any atom is 0.224 e. The Morgan fingerprint density at radius 2 is 1.71 bits per heavy atom. The molecule has 0 aliphatic heterocycles. The lowest BCUT2D eigenvalue weighted by Gasteiger charge is -2.20. The fraction of sp³-hybridized carbons (Fsp3) is 0.219. The Kier molecular flexibility index (Phi) is 6.47. The molecule has 1 amide bonds. The molecule has 41 heavy (non-hydrogen) atoms. The van der Waals surface area contributed by atoms with Crippen molar-refractivity contribution in [3.63, 3.8) is 0 Å². The molecule has 8 nitrogen and oxygen atoms in total. The summed E-state index contributed by atoms with van der Waals surface area (Å²) in [5.74, 6) is 0.231. The summed E-state index contributed by atoms with van der Waals surface area (Å²) in [7, 11) is 0. The molecule has 0 atom stereocenters. The molecule has 204 valence electrons. The zero-order valence-corrected chi connectivity index (χ0v) is 22.3. The third-order valence-corrected chi connectivity index (χ3v) is 7.91. The van der Waals surface area contributed by atoms with E-state index in [1.807, 2.05) is 24.3 Å². The number of hydrogen-bond donors (Lipinski definition) is 3. The molecule has 0 saturated heterocycles. The second-order valence-corrected chi connectivity index (χ2v) is 10.7. The maximum absolute atomic E-state index is 13.5. The summed E-state index contributed by atoms with van der Waals surface area (Å²) in [6.07, 6.45) is 13.5. The molecular formula is C32H28FN7O. The van der Waals surface area contributed by atoms with Crippen molar-refractivity contribution in [2.45, 2.75) is 38.5 Å². The normalized spacial score (nSPS) is 14.1. The van der Waals surface area contributed by atoms with Gasteiger partial charge >= 0.3 is 0 Å². The number of hydrogen-bond acceptors (Lipinski definition) is 5. The Bertz CT molecular complexity index is 1870. The van der Waals surface area contributed by atoms with E-state index in [1.165, 1.54) is 31.4 Å². The number of rotatable bonds is 6. The molecule has 9 heteroatoms. The van der Waals surface area contributed by atoms with Crippen molar-refractivity contribution in [1.82, 2.24) is 30.1 Å². The molecule has 5 heterocycles. The van der Waals surface area contributed by atoms with E-state index in [0.29, 0.717) is 35.0 Å². The smallest absolute Gasteiger partial charge is 0.224 e. The number of halogens is 1. The third kappa shape index (κ3) is 5.06. The lowest BCUT2D eigenvalue weighted by Crippen LogP contribution is -2.18. The fourth-order valence-corrected chi connectivity index (χ4v) is 5.83. The van der Waals surface area contributed by atoms with Crippen molar-refractivity contribution in [2.24, 2.45) is 5.92 Å². The first kappa shape index (κ1) is 25.1. The minimum absolute atomic E-state index is 0.0361. The number of amides is 1. The van der Waals surface area contributed by atoms with E-state index < -0.39 is 0 Å². The van der Waals surface area contributed by atoms with Crippen molar-refractivity contribution in [3.8, 4) is 33.6 Å². The van der Waals surface area contributed by atoms with Gasteiger partial charge in [0.25, 0.3) is 0 Å². The summed E-state index contributed by atoms with van der Waals surface area (Å²) in [5.41, 5.74) is 7.09. The molecule has 5 aromatic heterocycles. The topological polar surface area (TPSA) is 112 Å². The Balaban J connectivity index is 1.19. The zero-order valence-electron chi connectivity index (χ0n) is 22.3. The molecule has 1 aliphatic carbocycles. The van der Waals surface area contributed by atoms with Crippen LogP contribution in [0.2, 0.25) is 0 Å². The number of fused-ring (bicyclic) bond motifs is 2. The lowest BCUT2D eigenvalue weighted by molar-refractivity contribution is -0.117. The average Bonchev–Trinajstić information content (AvgIpc) is 3.62. The number of H-pyrrole nitrogens is 2. The van der Waals surface area contributed by atoms with E-state index in [9.17, 15) is 9.18 Å². The highest BCUT2D eigenvalue weighted by Gasteiger charge is 2.18. The van der Waals surface area contributed by atoms with Crippen molar-refractivity contribution in [1.29, 1.82) is 0 Å². The first-order chi connectivity index (χ1) is 20.1. The van der Waals surface area contributed by atoms with Gasteiger partial charge in [-0.05, 0) is 66.3 Å². The highest BCUT2D eigenvalue weighted by atomic mass is 19.1. The first-order valence-corrected chi connectivity index (χ1v) is 13.9. The Labute approximate surface area is 235 Å². The molecule has 3 N–H and O–H groups in total. The van der Waals surface area contributed by atoms with E-state index in [2.05, 4.69) is 35.5 Å². The molecule has 0 unspecified atom stereocenters. The van der Waals surface area contributed by atoms with Crippen LogP contribution in [0, 0.1) is 11.7 Å². The predicted octanol–water partition coefficient (Wildman–Crippen LogP) is 7.28. The van der Waals surface area contributed by atoms with Crippen LogP contribution in [-0.4, -0.2) is 36.0 Å². The van der Waals surface area contributed by atoms with Crippen LogP contribution in [0.1, 0.15) is 38.5 Å². The van der Waals surface area contributed by atoms with E-state index in [0.717, 1.165) is 51.6 Å². The van der Waals surface area contributed by atoms with Crippen LogP contribution >= 0.6 is 0 Å². The van der Waals surface area contributed by atoms with Gasteiger partial charge in [0.1, 0.15) is 17.2 Å². The quantitative estimate of drug-likeness (QED) is 0.204. The van der Waals surface area contributed by atoms with Crippen LogP contribution in [0.5, 0.6) is 0 Å². The molecule has 0 radical (unpaired) electrons. The van der Waals surface area contributed by atoms with E-state index in [-0.39, 0.29) is 11.7 Å². The van der Waals surface area contributed by atoms with Crippen molar-refractivity contribution < 1.29 is 9.18 Å². The standard InChI is InChI=1S/C32H28FN7O/c33-23-8-6-20(7-9-23)25-10-11-35-31-26(25)15-28(38-31)30-27-14-22(17-36-32(27)40-39-30)21-13-24(18-34-16-21)37-29(41)12-19-4-2-1-3-5-19/h6-11,13-19H,1-5,12H2,(H,35,38)(H,37,41)(H,36,39,40). The van der Waals surface area contributed by atoms with Gasteiger partial charge in [-0.2, -0.15) is 5.10 Å². The second-order valence-electron chi connectivity index (χ2n) is 10.7. The van der Waals surface area contributed by atoms with Crippen LogP contribution in [0.4, 0.5) is 10.1 Å². The number of benzene rings is 1. The van der Waals surface area contributed by atoms with Crippen LogP contribution in [0.15, 0.2) is 73.3 Å². The molecule has 1 aromatic carbocycles. The summed E-state index contributed by atoms with van der Waals surface area (Å²) < 4.78 is 13.5. The van der Waals surface area contributed by atoms with Gasteiger partial charge in [0.15, 0.2) is 5.65 Å². The van der Waals surface area contributed by atoms with Gasteiger partial charge in [-0.1, -0.05) is 31.4 Å². The monoisotopic (exact) mass is 545 g/mol. The lowest BCUT2D eigenvalue weighted by atomic mass is 9.87. The van der Waals surface area contributed by atoms with E-state index >= 15 is 0 Å². The molecular weight excluding hydrogens is 517 g/mol. The minimum atomic E-state index is -0.275. The number of nitrogens with one attached hydrogen (secondary N) is 3. The average molecular weight is 546 g/mol. The summed E-state index contributed by atoms with van der Waals surface area (Å²) in [4.78, 5) is 29.5. The SMILES string of the molecule is O=C(CC1CCCCC1)Nc1cncc(-c2cnc3[nH]nc(-c4cc5c(-c6ccc(F)cc6)ccnc5[nH]4)c3c2)c1. The Hall–Kier alpha value is -4.92.